The molecule has 2 rings (SSSR count). The van der Waals surface area contributed by atoms with E-state index in [0.29, 0.717) is 12.3 Å². The van der Waals surface area contributed by atoms with Crippen molar-refractivity contribution in [3.05, 3.63) is 24.0 Å². The van der Waals surface area contributed by atoms with Crippen molar-refractivity contribution in [2.45, 2.75) is 19.8 Å². The molecule has 2 heterocycles. The van der Waals surface area contributed by atoms with Gasteiger partial charge in [0.1, 0.15) is 5.69 Å². The first-order valence-corrected chi connectivity index (χ1v) is 5.69. The van der Waals surface area contributed by atoms with Crippen LogP contribution in [0.3, 0.4) is 0 Å². The summed E-state index contributed by atoms with van der Waals surface area (Å²) in [7, 11) is 0. The van der Waals surface area contributed by atoms with Crippen LogP contribution in [0.15, 0.2) is 18.3 Å². The van der Waals surface area contributed by atoms with Crippen LogP contribution < -0.4 is 4.90 Å². The molecule has 4 heteroatoms. The number of hydrogen-bond donors (Lipinski definition) is 0. The number of carbonyl (C=O) groups excluding carboxylic acids is 1. The second-order valence-electron chi connectivity index (χ2n) is 3.82. The summed E-state index contributed by atoms with van der Waals surface area (Å²) in [5.41, 5.74) is 1.47. The number of carbonyl (C=O) groups is 1. The minimum atomic E-state index is -0.351. The smallest absolute Gasteiger partial charge is 0.356 e. The zero-order valence-electron chi connectivity index (χ0n) is 9.48. The normalized spacial score (nSPS) is 15.2. The summed E-state index contributed by atoms with van der Waals surface area (Å²) in [6.45, 7) is 4.34. The van der Waals surface area contributed by atoms with Crippen molar-refractivity contribution >= 4 is 11.7 Å². The number of nitrogens with zero attached hydrogens (tertiary/aromatic N) is 2. The largest absolute Gasteiger partial charge is 0.461 e. The number of aromatic nitrogens is 1. The molecule has 1 aromatic heterocycles. The van der Waals surface area contributed by atoms with Crippen LogP contribution in [-0.4, -0.2) is 30.6 Å². The van der Waals surface area contributed by atoms with Gasteiger partial charge in [-0.1, -0.05) is 0 Å². The van der Waals surface area contributed by atoms with Crippen molar-refractivity contribution in [1.82, 2.24) is 4.98 Å². The molecule has 1 saturated heterocycles. The number of rotatable bonds is 3. The van der Waals surface area contributed by atoms with Gasteiger partial charge in [-0.3, -0.25) is 0 Å². The van der Waals surface area contributed by atoms with Crippen molar-refractivity contribution in [3.63, 3.8) is 0 Å². The molecule has 86 valence electrons. The van der Waals surface area contributed by atoms with Gasteiger partial charge in [0, 0.05) is 13.1 Å². The summed E-state index contributed by atoms with van der Waals surface area (Å²) in [5.74, 6) is -0.351. The molecule has 0 radical (unpaired) electrons. The highest BCUT2D eigenvalue weighted by Crippen LogP contribution is 2.19. The molecule has 1 aromatic rings. The summed E-state index contributed by atoms with van der Waals surface area (Å²) in [5, 5.41) is 0. The highest BCUT2D eigenvalue weighted by atomic mass is 16.5. The predicted molar refractivity (Wildman–Crippen MR) is 61.6 cm³/mol. The molecule has 1 aliphatic heterocycles. The fourth-order valence-electron chi connectivity index (χ4n) is 1.87. The molecule has 0 saturated carbocycles. The Kier molecular flexibility index (Phi) is 3.39. The van der Waals surface area contributed by atoms with Gasteiger partial charge in [-0.15, -0.1) is 0 Å². The molecular formula is C12H16N2O2. The Bertz CT molecular complexity index is 356. The van der Waals surface area contributed by atoms with E-state index in [-0.39, 0.29) is 5.97 Å². The molecule has 0 aliphatic carbocycles. The van der Waals surface area contributed by atoms with Gasteiger partial charge in [-0.05, 0) is 31.9 Å². The second-order valence-corrected chi connectivity index (χ2v) is 3.82. The maximum absolute atomic E-state index is 11.4. The van der Waals surface area contributed by atoms with Crippen LogP contribution in [0.5, 0.6) is 0 Å². The molecule has 0 amide bonds. The van der Waals surface area contributed by atoms with Crippen LogP contribution in [0.25, 0.3) is 0 Å². The lowest BCUT2D eigenvalue weighted by molar-refractivity contribution is 0.0519. The van der Waals surface area contributed by atoms with Crippen LogP contribution >= 0.6 is 0 Å². The molecule has 0 aromatic carbocycles. The van der Waals surface area contributed by atoms with E-state index in [4.69, 9.17) is 4.74 Å². The van der Waals surface area contributed by atoms with Gasteiger partial charge in [0.15, 0.2) is 0 Å². The van der Waals surface area contributed by atoms with Gasteiger partial charge in [0.2, 0.25) is 0 Å². The van der Waals surface area contributed by atoms with E-state index in [2.05, 4.69) is 9.88 Å². The SMILES string of the molecule is CCOC(=O)c1ccc(N2CCCC2)cn1. The fraction of sp³-hybridized carbons (Fsp3) is 0.500. The van der Waals surface area contributed by atoms with Crippen LogP contribution in [-0.2, 0) is 4.74 Å². The maximum atomic E-state index is 11.4. The van der Waals surface area contributed by atoms with Crippen LogP contribution in [0.4, 0.5) is 5.69 Å². The standard InChI is InChI=1S/C12H16N2O2/c1-2-16-12(15)11-6-5-10(9-13-11)14-7-3-4-8-14/h5-6,9H,2-4,7-8H2,1H3. The van der Waals surface area contributed by atoms with Crippen LogP contribution in [0.2, 0.25) is 0 Å². The Morgan fingerprint density at radius 2 is 2.19 bits per heavy atom. The molecule has 1 aliphatic rings. The first-order chi connectivity index (χ1) is 7.81. The Labute approximate surface area is 95.2 Å². The van der Waals surface area contributed by atoms with E-state index in [1.807, 2.05) is 6.07 Å². The quantitative estimate of drug-likeness (QED) is 0.729. The van der Waals surface area contributed by atoms with Gasteiger partial charge in [-0.2, -0.15) is 0 Å². The van der Waals surface area contributed by atoms with Crippen LogP contribution in [0, 0.1) is 0 Å². The fourth-order valence-corrected chi connectivity index (χ4v) is 1.87. The monoisotopic (exact) mass is 220 g/mol. The van der Waals surface area contributed by atoms with Crippen molar-refractivity contribution in [2.24, 2.45) is 0 Å². The molecule has 0 N–H and O–H groups in total. The topological polar surface area (TPSA) is 42.4 Å². The summed E-state index contributed by atoms with van der Waals surface area (Å²) in [6.07, 6.45) is 4.22. The lowest BCUT2D eigenvalue weighted by atomic mass is 10.3. The van der Waals surface area contributed by atoms with Crippen molar-refractivity contribution < 1.29 is 9.53 Å². The third-order valence-electron chi connectivity index (χ3n) is 2.70. The van der Waals surface area contributed by atoms with Crippen molar-refractivity contribution in [3.8, 4) is 0 Å². The van der Waals surface area contributed by atoms with E-state index in [1.54, 1.807) is 19.2 Å². The van der Waals surface area contributed by atoms with Gasteiger partial charge in [0.25, 0.3) is 0 Å². The molecule has 0 unspecified atom stereocenters. The molecular weight excluding hydrogens is 204 g/mol. The Morgan fingerprint density at radius 1 is 1.44 bits per heavy atom. The average molecular weight is 220 g/mol. The van der Waals surface area contributed by atoms with Gasteiger partial charge >= 0.3 is 5.97 Å². The van der Waals surface area contributed by atoms with Crippen molar-refractivity contribution in [2.75, 3.05) is 24.6 Å². The second kappa shape index (κ2) is 4.96. The lowest BCUT2D eigenvalue weighted by Crippen LogP contribution is -2.18. The average Bonchev–Trinajstić information content (AvgIpc) is 2.83. The number of anilines is 1. The maximum Gasteiger partial charge on any atom is 0.356 e. The first-order valence-electron chi connectivity index (χ1n) is 5.69. The predicted octanol–water partition coefficient (Wildman–Crippen LogP) is 1.86. The molecule has 1 fully saturated rings. The molecule has 0 bridgehead atoms. The summed E-state index contributed by atoms with van der Waals surface area (Å²) in [4.78, 5) is 17.8. The van der Waals surface area contributed by atoms with Gasteiger partial charge in [-0.25, -0.2) is 9.78 Å². The first kappa shape index (κ1) is 10.9. The zero-order valence-corrected chi connectivity index (χ0v) is 9.48. The minimum Gasteiger partial charge on any atom is -0.461 e. The molecule has 0 atom stereocenters. The van der Waals surface area contributed by atoms with E-state index in [9.17, 15) is 4.79 Å². The summed E-state index contributed by atoms with van der Waals surface area (Å²) < 4.78 is 4.88. The Balaban J connectivity index is 2.06. The van der Waals surface area contributed by atoms with E-state index < -0.39 is 0 Å². The molecule has 0 spiro atoms. The molecule has 16 heavy (non-hydrogen) atoms. The highest BCUT2D eigenvalue weighted by molar-refractivity contribution is 5.87. The lowest BCUT2D eigenvalue weighted by Gasteiger charge is -2.16. The van der Waals surface area contributed by atoms with E-state index in [0.717, 1.165) is 18.8 Å². The Hall–Kier alpha value is -1.58. The number of hydrogen-bond acceptors (Lipinski definition) is 4. The van der Waals surface area contributed by atoms with E-state index >= 15 is 0 Å². The van der Waals surface area contributed by atoms with Crippen LogP contribution in [0.1, 0.15) is 30.3 Å². The number of pyridine rings is 1. The van der Waals surface area contributed by atoms with E-state index in [1.165, 1.54) is 12.8 Å². The minimum absolute atomic E-state index is 0.351. The Morgan fingerprint density at radius 3 is 2.75 bits per heavy atom. The summed E-state index contributed by atoms with van der Waals surface area (Å²) in [6, 6.07) is 3.66. The summed E-state index contributed by atoms with van der Waals surface area (Å²) >= 11 is 0. The molecule has 4 nitrogen and oxygen atoms in total. The third-order valence-corrected chi connectivity index (χ3v) is 2.70. The number of esters is 1. The van der Waals surface area contributed by atoms with Gasteiger partial charge in [0.05, 0.1) is 18.5 Å². The van der Waals surface area contributed by atoms with Gasteiger partial charge < -0.3 is 9.64 Å². The number of ether oxygens (including phenoxy) is 1. The van der Waals surface area contributed by atoms with Crippen molar-refractivity contribution in [1.29, 1.82) is 0 Å². The third kappa shape index (κ3) is 2.32. The highest BCUT2D eigenvalue weighted by Gasteiger charge is 2.14. The zero-order chi connectivity index (χ0) is 11.4.